The summed E-state index contributed by atoms with van der Waals surface area (Å²) in [4.78, 5) is 14.6. The van der Waals surface area contributed by atoms with Gasteiger partial charge in [0.05, 0.1) is 0 Å². The van der Waals surface area contributed by atoms with Gasteiger partial charge in [-0.15, -0.1) is 0 Å². The van der Waals surface area contributed by atoms with Crippen molar-refractivity contribution in [3.05, 3.63) is 36.2 Å². The van der Waals surface area contributed by atoms with Gasteiger partial charge in [0.15, 0.2) is 5.82 Å². The molecule has 0 saturated carbocycles. The molecule has 5 nitrogen and oxygen atoms in total. The van der Waals surface area contributed by atoms with Gasteiger partial charge >= 0.3 is 5.97 Å². The maximum absolute atomic E-state index is 10.5. The van der Waals surface area contributed by atoms with Crippen molar-refractivity contribution in [1.82, 2.24) is 14.8 Å². The first-order valence-electron chi connectivity index (χ1n) is 5.39. The molecule has 0 radical (unpaired) electrons. The van der Waals surface area contributed by atoms with Crippen LogP contribution in [-0.4, -0.2) is 25.8 Å². The minimum atomic E-state index is -0.928. The van der Waals surface area contributed by atoms with Gasteiger partial charge in [-0.3, -0.25) is 4.79 Å². The van der Waals surface area contributed by atoms with Crippen LogP contribution in [0.1, 0.15) is 12.5 Å². The van der Waals surface area contributed by atoms with E-state index in [0.29, 0.717) is 5.82 Å². The number of nitrogens with zero attached hydrogens (tertiary/aromatic N) is 3. The van der Waals surface area contributed by atoms with Crippen molar-refractivity contribution in [1.29, 1.82) is 0 Å². The minimum Gasteiger partial charge on any atom is -0.480 e. The number of hydrogen-bond donors (Lipinski definition) is 1. The number of benzene rings is 1. The summed E-state index contributed by atoms with van der Waals surface area (Å²) in [7, 11) is 0. The highest BCUT2D eigenvalue weighted by Crippen LogP contribution is 2.15. The third-order valence-corrected chi connectivity index (χ3v) is 2.45. The molecule has 0 aliphatic carbocycles. The van der Waals surface area contributed by atoms with Crippen molar-refractivity contribution in [3.8, 4) is 11.4 Å². The lowest BCUT2D eigenvalue weighted by Crippen LogP contribution is -2.08. The summed E-state index contributed by atoms with van der Waals surface area (Å²) in [6, 6.07) is 7.93. The zero-order valence-corrected chi connectivity index (χ0v) is 9.50. The lowest BCUT2D eigenvalue weighted by atomic mass is 10.1. The molecule has 1 aromatic heterocycles. The molecule has 2 aromatic rings. The quantitative estimate of drug-likeness (QED) is 0.867. The van der Waals surface area contributed by atoms with Crippen molar-refractivity contribution in [2.24, 2.45) is 0 Å². The second-order valence-electron chi connectivity index (χ2n) is 3.71. The Morgan fingerprint density at radius 2 is 2.06 bits per heavy atom. The molecule has 0 aliphatic rings. The Bertz CT molecular complexity index is 517. The number of carboxylic acids is 1. The fraction of sp³-hybridized carbons (Fsp3) is 0.250. The first-order chi connectivity index (χ1) is 8.19. The van der Waals surface area contributed by atoms with E-state index < -0.39 is 5.97 Å². The molecule has 5 heteroatoms. The molecule has 0 fully saturated rings. The second kappa shape index (κ2) is 4.78. The van der Waals surface area contributed by atoms with Crippen LogP contribution in [0.4, 0.5) is 0 Å². The fourth-order valence-corrected chi connectivity index (χ4v) is 1.53. The van der Waals surface area contributed by atoms with Gasteiger partial charge in [0, 0.05) is 5.56 Å². The summed E-state index contributed by atoms with van der Waals surface area (Å²) in [5.41, 5.74) is 2.14. The number of aliphatic carboxylic acids is 1. The fourth-order valence-electron chi connectivity index (χ4n) is 1.53. The number of aromatic nitrogens is 3. The molecule has 1 heterocycles. The third kappa shape index (κ3) is 2.69. The zero-order chi connectivity index (χ0) is 12.3. The summed E-state index contributed by atoms with van der Waals surface area (Å²) in [5.74, 6) is -0.378. The van der Waals surface area contributed by atoms with Gasteiger partial charge in [-0.05, 0) is 12.0 Å². The molecule has 2 rings (SSSR count). The molecule has 0 aliphatic heterocycles. The summed E-state index contributed by atoms with van der Waals surface area (Å²) >= 11 is 0. The first kappa shape index (κ1) is 11.3. The molecule has 17 heavy (non-hydrogen) atoms. The Balaban J connectivity index is 2.21. The van der Waals surface area contributed by atoms with Crippen molar-refractivity contribution in [3.63, 3.8) is 0 Å². The normalized spacial score (nSPS) is 10.4. The molecule has 88 valence electrons. The lowest BCUT2D eigenvalue weighted by Gasteiger charge is -1.98. The van der Waals surface area contributed by atoms with Crippen LogP contribution in [0.25, 0.3) is 11.4 Å². The Morgan fingerprint density at radius 3 is 2.65 bits per heavy atom. The summed E-state index contributed by atoms with van der Waals surface area (Å²) in [5, 5.41) is 12.7. The standard InChI is InChI=1S/C12H13N3O2/c1-2-9-3-5-10(6-4-9)12-13-8-15(14-12)7-11(16)17/h3-6,8H,2,7H2,1H3,(H,16,17). The van der Waals surface area contributed by atoms with E-state index in [0.717, 1.165) is 12.0 Å². The predicted octanol–water partition coefficient (Wildman–Crippen LogP) is 1.59. The van der Waals surface area contributed by atoms with Crippen molar-refractivity contribution >= 4 is 5.97 Å². The summed E-state index contributed by atoms with van der Waals surface area (Å²) in [6.07, 6.45) is 2.42. The molecule has 1 N–H and O–H groups in total. The topological polar surface area (TPSA) is 68.0 Å². The van der Waals surface area contributed by atoms with Crippen molar-refractivity contribution in [2.45, 2.75) is 19.9 Å². The van der Waals surface area contributed by atoms with E-state index in [1.807, 2.05) is 24.3 Å². The van der Waals surface area contributed by atoms with E-state index in [2.05, 4.69) is 17.0 Å². The monoisotopic (exact) mass is 231 g/mol. The van der Waals surface area contributed by atoms with Crippen LogP contribution in [-0.2, 0) is 17.8 Å². The summed E-state index contributed by atoms with van der Waals surface area (Å²) < 4.78 is 1.31. The largest absolute Gasteiger partial charge is 0.480 e. The van der Waals surface area contributed by atoms with E-state index in [9.17, 15) is 4.79 Å². The Morgan fingerprint density at radius 1 is 1.35 bits per heavy atom. The number of aryl methyl sites for hydroxylation is 1. The highest BCUT2D eigenvalue weighted by Gasteiger charge is 2.06. The molecule has 0 saturated heterocycles. The Kier molecular flexibility index (Phi) is 3.18. The molecule has 0 spiro atoms. The first-order valence-corrected chi connectivity index (χ1v) is 5.39. The van der Waals surface area contributed by atoms with Crippen LogP contribution < -0.4 is 0 Å². The number of rotatable bonds is 4. The molecule has 0 unspecified atom stereocenters. The number of carbonyl (C=O) groups is 1. The molecular weight excluding hydrogens is 218 g/mol. The maximum Gasteiger partial charge on any atom is 0.325 e. The van der Waals surface area contributed by atoms with Gasteiger partial charge in [-0.1, -0.05) is 31.2 Å². The minimum absolute atomic E-state index is 0.167. The van der Waals surface area contributed by atoms with Gasteiger partial charge in [0.1, 0.15) is 12.9 Å². The smallest absolute Gasteiger partial charge is 0.325 e. The van der Waals surface area contributed by atoms with Crippen LogP contribution in [0.3, 0.4) is 0 Å². The molecule has 0 bridgehead atoms. The van der Waals surface area contributed by atoms with Gasteiger partial charge in [0.25, 0.3) is 0 Å². The highest BCUT2D eigenvalue weighted by atomic mass is 16.4. The number of hydrogen-bond acceptors (Lipinski definition) is 3. The van der Waals surface area contributed by atoms with Crippen molar-refractivity contribution in [2.75, 3.05) is 0 Å². The second-order valence-corrected chi connectivity index (χ2v) is 3.71. The van der Waals surface area contributed by atoms with Gasteiger partial charge in [-0.25, -0.2) is 9.67 Å². The van der Waals surface area contributed by atoms with E-state index >= 15 is 0 Å². The molecule has 0 amide bonds. The molecular formula is C12H13N3O2. The predicted molar refractivity (Wildman–Crippen MR) is 62.5 cm³/mol. The zero-order valence-electron chi connectivity index (χ0n) is 9.50. The van der Waals surface area contributed by atoms with E-state index in [4.69, 9.17) is 5.11 Å². The average molecular weight is 231 g/mol. The average Bonchev–Trinajstić information content (AvgIpc) is 2.77. The Labute approximate surface area is 98.7 Å². The van der Waals surface area contributed by atoms with Crippen LogP contribution >= 0.6 is 0 Å². The van der Waals surface area contributed by atoms with E-state index in [1.165, 1.54) is 16.6 Å². The third-order valence-electron chi connectivity index (χ3n) is 2.45. The van der Waals surface area contributed by atoms with Crippen molar-refractivity contribution < 1.29 is 9.90 Å². The van der Waals surface area contributed by atoms with Crippen LogP contribution in [0.2, 0.25) is 0 Å². The summed E-state index contributed by atoms with van der Waals surface area (Å²) in [6.45, 7) is 1.93. The van der Waals surface area contributed by atoms with E-state index in [-0.39, 0.29) is 6.54 Å². The maximum atomic E-state index is 10.5. The lowest BCUT2D eigenvalue weighted by molar-refractivity contribution is -0.137. The van der Waals surface area contributed by atoms with Gasteiger partial charge in [-0.2, -0.15) is 5.10 Å². The van der Waals surface area contributed by atoms with E-state index in [1.54, 1.807) is 0 Å². The van der Waals surface area contributed by atoms with Crippen LogP contribution in [0, 0.1) is 0 Å². The number of carboxylic acid groups (broad SMARTS) is 1. The Hall–Kier alpha value is -2.17. The molecule has 1 aromatic carbocycles. The van der Waals surface area contributed by atoms with Gasteiger partial charge in [0.2, 0.25) is 0 Å². The molecule has 0 atom stereocenters. The van der Waals surface area contributed by atoms with Crippen LogP contribution in [0.15, 0.2) is 30.6 Å². The van der Waals surface area contributed by atoms with Gasteiger partial charge < -0.3 is 5.11 Å². The van der Waals surface area contributed by atoms with Crippen LogP contribution in [0.5, 0.6) is 0 Å². The SMILES string of the molecule is CCc1ccc(-c2ncn(CC(=O)O)n2)cc1. The highest BCUT2D eigenvalue weighted by molar-refractivity contribution is 5.66.